The summed E-state index contributed by atoms with van der Waals surface area (Å²) in [5.41, 5.74) is 0.719. The monoisotopic (exact) mass is 463 g/mol. The first-order chi connectivity index (χ1) is 15.9. The van der Waals surface area contributed by atoms with Crippen molar-refractivity contribution in [3.05, 3.63) is 99.9 Å². The number of nitrogens with one attached hydrogen (secondary N) is 1. The Labute approximate surface area is 193 Å². The molecule has 0 amide bonds. The predicted octanol–water partition coefficient (Wildman–Crippen LogP) is 5.13. The minimum absolute atomic E-state index is 0.107. The first-order valence-electron chi connectivity index (χ1n) is 9.75. The smallest absolute Gasteiger partial charge is 0.335 e. The average Bonchev–Trinajstić information content (AvgIpc) is 2.82. The average molecular weight is 464 g/mol. The van der Waals surface area contributed by atoms with Gasteiger partial charge in [0.2, 0.25) is 0 Å². The summed E-state index contributed by atoms with van der Waals surface area (Å²) in [6, 6.07) is 19.6. The lowest BCUT2D eigenvalue weighted by molar-refractivity contribution is 0.0697. The number of nitrogens with zero attached hydrogens (tertiary/aromatic N) is 2. The van der Waals surface area contributed by atoms with Crippen molar-refractivity contribution in [3.8, 4) is 22.9 Å². The molecule has 0 spiro atoms. The summed E-state index contributed by atoms with van der Waals surface area (Å²) in [7, 11) is 1.54. The molecule has 0 saturated carbocycles. The third-order valence-corrected chi connectivity index (χ3v) is 4.90. The van der Waals surface area contributed by atoms with Crippen molar-refractivity contribution in [1.82, 2.24) is 9.78 Å². The van der Waals surface area contributed by atoms with E-state index in [4.69, 9.17) is 26.2 Å². The van der Waals surface area contributed by atoms with E-state index in [1.165, 1.54) is 23.0 Å². The molecule has 33 heavy (non-hydrogen) atoms. The van der Waals surface area contributed by atoms with E-state index < -0.39 is 11.5 Å². The molecule has 0 aliphatic carbocycles. The number of halogens is 1. The van der Waals surface area contributed by atoms with Crippen LogP contribution in [-0.4, -0.2) is 28.0 Å². The number of ether oxygens (including phenoxy) is 2. The molecular weight excluding hydrogens is 446 g/mol. The van der Waals surface area contributed by atoms with Crippen LogP contribution >= 0.6 is 11.6 Å². The van der Waals surface area contributed by atoms with Crippen molar-refractivity contribution in [2.24, 2.45) is 0 Å². The number of aromatic nitrogens is 2. The summed E-state index contributed by atoms with van der Waals surface area (Å²) in [6.07, 6.45) is 1.41. The largest absolute Gasteiger partial charge is 0.497 e. The van der Waals surface area contributed by atoms with Gasteiger partial charge in [0.25, 0.3) is 5.56 Å². The van der Waals surface area contributed by atoms with Crippen molar-refractivity contribution in [2.45, 2.75) is 0 Å². The highest BCUT2D eigenvalue weighted by Crippen LogP contribution is 2.30. The van der Waals surface area contributed by atoms with Crippen LogP contribution in [0.5, 0.6) is 17.2 Å². The van der Waals surface area contributed by atoms with Crippen LogP contribution in [0.4, 0.5) is 11.4 Å². The summed E-state index contributed by atoms with van der Waals surface area (Å²) >= 11 is 6.08. The maximum atomic E-state index is 13.4. The minimum Gasteiger partial charge on any atom is -0.497 e. The van der Waals surface area contributed by atoms with Gasteiger partial charge < -0.3 is 19.9 Å². The van der Waals surface area contributed by atoms with Gasteiger partial charge in [-0.2, -0.15) is 9.78 Å². The second-order valence-corrected chi connectivity index (χ2v) is 7.31. The van der Waals surface area contributed by atoms with Gasteiger partial charge >= 0.3 is 5.97 Å². The zero-order chi connectivity index (χ0) is 23.4. The Kier molecular flexibility index (Phi) is 6.28. The Hall–Kier alpha value is -4.30. The standard InChI is InChI=1S/C24H18ClN3O5/c1-32-19-6-3-7-20(13-19)33-21-14-26-28(18-5-2-4-16(25)12-18)23(29)22(21)27-17-10-8-15(9-11-17)24(30)31/h2-14,27H,1H3,(H,30,31). The van der Waals surface area contributed by atoms with Crippen LogP contribution < -0.4 is 20.3 Å². The number of aromatic carboxylic acids is 1. The van der Waals surface area contributed by atoms with Crippen LogP contribution in [0.15, 0.2) is 83.8 Å². The summed E-state index contributed by atoms with van der Waals surface area (Å²) < 4.78 is 12.4. The molecule has 8 nitrogen and oxygen atoms in total. The summed E-state index contributed by atoms with van der Waals surface area (Å²) in [5, 5.41) is 16.8. The molecule has 0 saturated heterocycles. The van der Waals surface area contributed by atoms with Gasteiger partial charge in [0.05, 0.1) is 24.6 Å². The van der Waals surface area contributed by atoms with Gasteiger partial charge in [-0.05, 0) is 54.6 Å². The number of anilines is 2. The minimum atomic E-state index is -1.05. The van der Waals surface area contributed by atoms with Crippen LogP contribution in [0.1, 0.15) is 10.4 Å². The van der Waals surface area contributed by atoms with Crippen molar-refractivity contribution < 1.29 is 19.4 Å². The molecule has 0 aliphatic heterocycles. The van der Waals surface area contributed by atoms with Crippen LogP contribution in [0.3, 0.4) is 0 Å². The van der Waals surface area contributed by atoms with Gasteiger partial charge in [0, 0.05) is 16.8 Å². The molecular formula is C24H18ClN3O5. The fourth-order valence-corrected chi connectivity index (χ4v) is 3.24. The summed E-state index contributed by atoms with van der Waals surface area (Å²) in [4.78, 5) is 24.5. The van der Waals surface area contributed by atoms with Gasteiger partial charge in [0.15, 0.2) is 11.4 Å². The van der Waals surface area contributed by atoms with Crippen LogP contribution in [-0.2, 0) is 0 Å². The normalized spacial score (nSPS) is 10.5. The third-order valence-electron chi connectivity index (χ3n) is 4.67. The topological polar surface area (TPSA) is 103 Å². The molecule has 2 N–H and O–H groups in total. The van der Waals surface area contributed by atoms with E-state index >= 15 is 0 Å². The molecule has 0 bridgehead atoms. The fourth-order valence-electron chi connectivity index (χ4n) is 3.05. The van der Waals surface area contributed by atoms with Gasteiger partial charge in [-0.25, -0.2) is 4.79 Å². The lowest BCUT2D eigenvalue weighted by atomic mass is 10.2. The second-order valence-electron chi connectivity index (χ2n) is 6.87. The van der Waals surface area contributed by atoms with Crippen LogP contribution in [0.2, 0.25) is 5.02 Å². The number of carboxylic acid groups (broad SMARTS) is 1. The van der Waals surface area contributed by atoms with E-state index in [0.29, 0.717) is 27.9 Å². The third kappa shape index (κ3) is 4.97. The first-order valence-corrected chi connectivity index (χ1v) is 10.1. The number of hydrogen-bond donors (Lipinski definition) is 2. The van der Waals surface area contributed by atoms with Gasteiger partial charge in [0.1, 0.15) is 11.5 Å². The molecule has 3 aromatic carbocycles. The molecule has 0 aliphatic rings. The molecule has 1 aromatic heterocycles. The van der Waals surface area contributed by atoms with Gasteiger partial charge in [-0.3, -0.25) is 4.79 Å². The van der Waals surface area contributed by atoms with Crippen molar-refractivity contribution >= 4 is 28.9 Å². The Morgan fingerprint density at radius 2 is 1.76 bits per heavy atom. The van der Waals surface area contributed by atoms with E-state index in [1.54, 1.807) is 67.8 Å². The van der Waals surface area contributed by atoms with E-state index in [2.05, 4.69) is 10.4 Å². The number of rotatable bonds is 7. The van der Waals surface area contributed by atoms with E-state index in [-0.39, 0.29) is 17.0 Å². The quantitative estimate of drug-likeness (QED) is 0.391. The molecule has 166 valence electrons. The highest BCUT2D eigenvalue weighted by molar-refractivity contribution is 6.30. The zero-order valence-corrected chi connectivity index (χ0v) is 18.1. The van der Waals surface area contributed by atoms with E-state index in [9.17, 15) is 9.59 Å². The molecule has 4 aromatic rings. The van der Waals surface area contributed by atoms with Crippen molar-refractivity contribution in [2.75, 3.05) is 12.4 Å². The Morgan fingerprint density at radius 3 is 2.45 bits per heavy atom. The maximum Gasteiger partial charge on any atom is 0.335 e. The summed E-state index contributed by atoms with van der Waals surface area (Å²) in [6.45, 7) is 0. The van der Waals surface area contributed by atoms with Gasteiger partial charge in [-0.1, -0.05) is 23.7 Å². The molecule has 9 heteroatoms. The zero-order valence-electron chi connectivity index (χ0n) is 17.4. The van der Waals surface area contributed by atoms with Crippen molar-refractivity contribution in [1.29, 1.82) is 0 Å². The lowest BCUT2D eigenvalue weighted by Gasteiger charge is -2.15. The van der Waals surface area contributed by atoms with Gasteiger partial charge in [-0.15, -0.1) is 0 Å². The highest BCUT2D eigenvalue weighted by atomic mass is 35.5. The first kappa shape index (κ1) is 21.9. The molecule has 0 unspecified atom stereocenters. The maximum absolute atomic E-state index is 13.4. The number of hydrogen-bond acceptors (Lipinski definition) is 6. The Balaban J connectivity index is 1.78. The van der Waals surface area contributed by atoms with Crippen LogP contribution in [0, 0.1) is 0 Å². The highest BCUT2D eigenvalue weighted by Gasteiger charge is 2.16. The Morgan fingerprint density at radius 1 is 1.03 bits per heavy atom. The number of carboxylic acids is 1. The molecule has 0 fully saturated rings. The molecule has 0 radical (unpaired) electrons. The van der Waals surface area contributed by atoms with Crippen LogP contribution in [0.25, 0.3) is 5.69 Å². The molecule has 0 atom stereocenters. The fraction of sp³-hybridized carbons (Fsp3) is 0.0417. The predicted molar refractivity (Wildman–Crippen MR) is 125 cm³/mol. The second kappa shape index (κ2) is 9.46. The Bertz CT molecular complexity index is 1370. The molecule has 1 heterocycles. The number of methoxy groups -OCH3 is 1. The summed E-state index contributed by atoms with van der Waals surface area (Å²) in [5.74, 6) is 0.163. The van der Waals surface area contributed by atoms with Crippen molar-refractivity contribution in [3.63, 3.8) is 0 Å². The number of benzene rings is 3. The number of carbonyl (C=O) groups is 1. The van der Waals surface area contributed by atoms with E-state index in [0.717, 1.165) is 0 Å². The molecule has 4 rings (SSSR count). The van der Waals surface area contributed by atoms with E-state index in [1.807, 2.05) is 0 Å². The SMILES string of the molecule is COc1cccc(Oc2cnn(-c3cccc(Cl)c3)c(=O)c2Nc2ccc(C(=O)O)cc2)c1. The lowest BCUT2D eigenvalue weighted by Crippen LogP contribution is -2.24.